The Bertz CT molecular complexity index is 1160. The fourth-order valence-electron chi connectivity index (χ4n) is 2.56. The summed E-state index contributed by atoms with van der Waals surface area (Å²) in [6.45, 7) is 3.18. The minimum atomic E-state index is -3.73. The summed E-state index contributed by atoms with van der Waals surface area (Å²) in [4.78, 5) is 21.2. The van der Waals surface area contributed by atoms with Gasteiger partial charge in [0.1, 0.15) is 5.78 Å². The molecule has 0 spiro atoms. The van der Waals surface area contributed by atoms with Gasteiger partial charge in [0.15, 0.2) is 28.9 Å². The van der Waals surface area contributed by atoms with Gasteiger partial charge >= 0.3 is 18.6 Å². The van der Waals surface area contributed by atoms with Crippen molar-refractivity contribution in [3.8, 4) is 29.1 Å². The topological polar surface area (TPSA) is 104 Å². The van der Waals surface area contributed by atoms with Crippen molar-refractivity contribution in [2.45, 2.75) is 32.4 Å². The minimum absolute atomic E-state index is 0.0201. The van der Waals surface area contributed by atoms with Crippen LogP contribution in [0, 0.1) is 11.3 Å². The molecule has 2 aromatic rings. The summed E-state index contributed by atoms with van der Waals surface area (Å²) in [5, 5.41) is 8.96. The van der Waals surface area contributed by atoms with Gasteiger partial charge in [-0.3, -0.25) is 9.59 Å². The summed E-state index contributed by atoms with van der Waals surface area (Å²) >= 11 is 8.11. The lowest BCUT2D eigenvalue weighted by atomic mass is 10.0. The normalized spacial score (nSPS) is 15.8. The van der Waals surface area contributed by atoms with Crippen LogP contribution in [0.15, 0.2) is 40.9 Å². The van der Waals surface area contributed by atoms with Gasteiger partial charge in [0.25, 0.3) is 0 Å². The van der Waals surface area contributed by atoms with Gasteiger partial charge in [-0.15, -0.1) is 29.2 Å². The number of fused-ring (bicyclic) bond motifs is 2. The predicted octanol–water partition coefficient (Wildman–Crippen LogP) is 5.76. The van der Waals surface area contributed by atoms with Crippen LogP contribution in [0.2, 0.25) is 0 Å². The van der Waals surface area contributed by atoms with Crippen molar-refractivity contribution in [1.29, 1.82) is 5.26 Å². The van der Waals surface area contributed by atoms with Crippen LogP contribution in [-0.4, -0.2) is 36.8 Å². The SMILES string of the molecule is CC(=O)CCl.CCOC(=O)C(C#N)c1ccc2c(c1)OC(F)(F)O2.FC1(F)Oc2ccc(Br)cc2O1. The van der Waals surface area contributed by atoms with E-state index in [1.165, 1.54) is 37.3 Å². The highest BCUT2D eigenvalue weighted by Crippen LogP contribution is 2.43. The van der Waals surface area contributed by atoms with Crippen LogP contribution in [0.1, 0.15) is 25.3 Å². The number of rotatable bonds is 4. The number of nitrogens with zero attached hydrogens (tertiary/aromatic N) is 1. The lowest BCUT2D eigenvalue weighted by molar-refractivity contribution is -0.287. The van der Waals surface area contributed by atoms with E-state index in [0.29, 0.717) is 4.47 Å². The maximum Gasteiger partial charge on any atom is 0.586 e. The molecule has 8 nitrogen and oxygen atoms in total. The van der Waals surface area contributed by atoms with Crippen molar-refractivity contribution in [3.05, 3.63) is 46.4 Å². The average Bonchev–Trinajstić information content (AvgIpc) is 3.27. The molecular weight excluding hydrogens is 582 g/mol. The Kier molecular flexibility index (Phi) is 9.77. The molecule has 0 radical (unpaired) electrons. The molecular formula is C22H17BrClF4NO7. The van der Waals surface area contributed by atoms with Crippen LogP contribution in [0.25, 0.3) is 0 Å². The Morgan fingerprint density at radius 3 is 1.94 bits per heavy atom. The average molecular weight is 599 g/mol. The molecule has 2 aliphatic rings. The van der Waals surface area contributed by atoms with E-state index in [2.05, 4.69) is 34.9 Å². The second-order valence-corrected chi connectivity index (χ2v) is 7.96. The highest BCUT2D eigenvalue weighted by Gasteiger charge is 2.44. The van der Waals surface area contributed by atoms with Crippen LogP contribution < -0.4 is 18.9 Å². The zero-order chi connectivity index (χ0) is 27.1. The monoisotopic (exact) mass is 597 g/mol. The number of carbonyl (C=O) groups is 2. The van der Waals surface area contributed by atoms with Crippen molar-refractivity contribution in [1.82, 2.24) is 0 Å². The summed E-state index contributed by atoms with van der Waals surface area (Å²) in [6, 6.07) is 9.93. The smallest absolute Gasteiger partial charge is 0.465 e. The number of benzene rings is 2. The molecule has 14 heteroatoms. The number of carbonyl (C=O) groups excluding carboxylic acids is 2. The maximum atomic E-state index is 12.8. The van der Waals surface area contributed by atoms with Crippen molar-refractivity contribution in [2.24, 2.45) is 0 Å². The summed E-state index contributed by atoms with van der Waals surface area (Å²) in [6.07, 6.45) is -7.25. The lowest BCUT2D eigenvalue weighted by Crippen LogP contribution is -2.25. The number of nitriles is 1. The third-order valence-electron chi connectivity index (χ3n) is 3.96. The van der Waals surface area contributed by atoms with Crippen LogP contribution in [0.5, 0.6) is 23.0 Å². The van der Waals surface area contributed by atoms with Gasteiger partial charge in [0.05, 0.1) is 18.6 Å². The first-order valence-corrected chi connectivity index (χ1v) is 11.2. The van der Waals surface area contributed by atoms with E-state index < -0.39 is 24.5 Å². The number of ketones is 1. The zero-order valence-corrected chi connectivity index (χ0v) is 20.9. The first-order valence-electron chi connectivity index (χ1n) is 9.87. The van der Waals surface area contributed by atoms with Crippen LogP contribution in [-0.2, 0) is 14.3 Å². The quantitative estimate of drug-likeness (QED) is 0.249. The van der Waals surface area contributed by atoms with Crippen LogP contribution >= 0.6 is 27.5 Å². The second kappa shape index (κ2) is 12.1. The molecule has 0 aromatic heterocycles. The Morgan fingerprint density at radius 2 is 1.47 bits per heavy atom. The Balaban J connectivity index is 0.000000228. The fourth-order valence-corrected chi connectivity index (χ4v) is 2.90. The number of ether oxygens (including phenoxy) is 5. The molecule has 0 saturated heterocycles. The van der Waals surface area contributed by atoms with E-state index in [4.69, 9.17) is 21.6 Å². The van der Waals surface area contributed by atoms with Gasteiger partial charge < -0.3 is 23.7 Å². The Morgan fingerprint density at radius 1 is 1.00 bits per heavy atom. The Labute approximate surface area is 215 Å². The van der Waals surface area contributed by atoms with Crippen molar-refractivity contribution in [2.75, 3.05) is 12.5 Å². The molecule has 194 valence electrons. The van der Waals surface area contributed by atoms with Crippen molar-refractivity contribution in [3.63, 3.8) is 0 Å². The molecule has 2 aliphatic heterocycles. The number of halogens is 6. The van der Waals surface area contributed by atoms with E-state index >= 15 is 0 Å². The molecule has 2 aromatic carbocycles. The predicted molar refractivity (Wildman–Crippen MR) is 119 cm³/mol. The molecule has 0 fully saturated rings. The van der Waals surface area contributed by atoms with Gasteiger partial charge in [0, 0.05) is 4.47 Å². The number of alkyl halides is 5. The third kappa shape index (κ3) is 8.17. The van der Waals surface area contributed by atoms with Gasteiger partial charge in [-0.25, -0.2) is 0 Å². The standard InChI is InChI=1S/C12H9F2NO4.C7H3BrF2O2.C3H5ClO/c1-2-17-11(16)8(6-15)7-3-4-9-10(5-7)19-12(13,14)18-9;8-4-1-2-5-6(3-4)12-7(9,10)11-5;1-3(5)2-4/h3-5,8H,2H2,1H3;1-3H;2H2,1H3. The minimum Gasteiger partial charge on any atom is -0.465 e. The molecule has 2 heterocycles. The summed E-state index contributed by atoms with van der Waals surface area (Å²) < 4.78 is 72.7. The molecule has 0 N–H and O–H groups in total. The molecule has 0 saturated carbocycles. The van der Waals surface area contributed by atoms with Crippen LogP contribution in [0.4, 0.5) is 17.6 Å². The van der Waals surface area contributed by atoms with E-state index in [1.54, 1.807) is 19.1 Å². The van der Waals surface area contributed by atoms with Crippen molar-refractivity contribution >= 4 is 39.3 Å². The largest absolute Gasteiger partial charge is 0.586 e. The maximum absolute atomic E-state index is 12.8. The zero-order valence-electron chi connectivity index (χ0n) is 18.5. The number of Topliss-reactive ketones (excluding diaryl/α,β-unsaturated/α-hetero) is 1. The summed E-state index contributed by atoms with van der Waals surface area (Å²) in [5.41, 5.74) is 0.209. The van der Waals surface area contributed by atoms with Gasteiger partial charge in [-0.05, 0) is 49.7 Å². The number of esters is 1. The highest BCUT2D eigenvalue weighted by molar-refractivity contribution is 9.10. The second-order valence-electron chi connectivity index (χ2n) is 6.78. The third-order valence-corrected chi connectivity index (χ3v) is 4.83. The van der Waals surface area contributed by atoms with E-state index in [-0.39, 0.29) is 46.8 Å². The Hall–Kier alpha value is -3.24. The van der Waals surface area contributed by atoms with Crippen LogP contribution in [0.3, 0.4) is 0 Å². The fraction of sp³-hybridized carbons (Fsp3) is 0.318. The van der Waals surface area contributed by atoms with E-state index in [9.17, 15) is 27.2 Å². The molecule has 36 heavy (non-hydrogen) atoms. The first-order chi connectivity index (χ1) is 16.8. The van der Waals surface area contributed by atoms with E-state index in [0.717, 1.165) is 0 Å². The van der Waals surface area contributed by atoms with Gasteiger partial charge in [0.2, 0.25) is 0 Å². The molecule has 0 amide bonds. The highest BCUT2D eigenvalue weighted by atomic mass is 79.9. The van der Waals surface area contributed by atoms with Gasteiger partial charge in [-0.2, -0.15) is 5.26 Å². The number of hydrogen-bond donors (Lipinski definition) is 0. The molecule has 0 bridgehead atoms. The summed E-state index contributed by atoms with van der Waals surface area (Å²) in [5.74, 6) is -2.02. The van der Waals surface area contributed by atoms with E-state index in [1.807, 2.05) is 0 Å². The van der Waals surface area contributed by atoms with Crippen molar-refractivity contribution < 1.29 is 50.8 Å². The first kappa shape index (κ1) is 29.0. The van der Waals surface area contributed by atoms with Gasteiger partial charge in [-0.1, -0.05) is 22.0 Å². The summed E-state index contributed by atoms with van der Waals surface area (Å²) in [7, 11) is 0. The lowest BCUT2D eigenvalue weighted by Gasteiger charge is -2.08. The molecule has 1 unspecified atom stereocenters. The molecule has 0 aliphatic carbocycles. The molecule has 4 rings (SSSR count). The number of hydrogen-bond acceptors (Lipinski definition) is 8. The molecule has 1 atom stereocenters.